The van der Waals surface area contributed by atoms with Crippen LogP contribution < -0.4 is 5.32 Å². The van der Waals surface area contributed by atoms with Gasteiger partial charge < -0.3 is 5.32 Å². The molecule has 0 saturated heterocycles. The third-order valence-electron chi connectivity index (χ3n) is 3.00. The summed E-state index contributed by atoms with van der Waals surface area (Å²) in [7, 11) is 0. The third-order valence-corrected chi connectivity index (χ3v) is 4.53. The van der Waals surface area contributed by atoms with E-state index in [4.69, 9.17) is 0 Å². The molecule has 3 heteroatoms. The van der Waals surface area contributed by atoms with Gasteiger partial charge in [0.2, 0.25) is 0 Å². The van der Waals surface area contributed by atoms with Gasteiger partial charge in [-0.15, -0.1) is 11.3 Å². The van der Waals surface area contributed by atoms with Gasteiger partial charge in [0.05, 0.1) is 0 Å². The summed E-state index contributed by atoms with van der Waals surface area (Å²) in [5, 5.41) is 3.63. The molecule has 1 aromatic carbocycles. The van der Waals surface area contributed by atoms with Crippen LogP contribution >= 0.6 is 27.3 Å². The molecule has 1 aromatic heterocycles. The number of hydrogen-bond donors (Lipinski definition) is 1. The molecule has 18 heavy (non-hydrogen) atoms. The van der Waals surface area contributed by atoms with Gasteiger partial charge in [-0.1, -0.05) is 35.0 Å². The minimum Gasteiger partial charge on any atom is -0.305 e. The number of halogens is 1. The van der Waals surface area contributed by atoms with Crippen LogP contribution in [0, 0.1) is 6.92 Å². The molecule has 0 aliphatic heterocycles. The molecule has 1 N–H and O–H groups in total. The summed E-state index contributed by atoms with van der Waals surface area (Å²) in [4.78, 5) is 2.78. The fraction of sp³-hybridized carbons (Fsp3) is 0.333. The summed E-state index contributed by atoms with van der Waals surface area (Å²) in [6.45, 7) is 5.33. The van der Waals surface area contributed by atoms with Crippen LogP contribution in [-0.2, 0) is 6.54 Å². The number of aryl methyl sites for hydroxylation is 1. The van der Waals surface area contributed by atoms with Crippen molar-refractivity contribution in [3.63, 3.8) is 0 Å². The van der Waals surface area contributed by atoms with E-state index in [0.717, 1.165) is 17.4 Å². The molecule has 1 atom stereocenters. The van der Waals surface area contributed by atoms with Gasteiger partial charge >= 0.3 is 0 Å². The average molecular weight is 324 g/mol. The Kier molecular flexibility index (Phi) is 4.98. The summed E-state index contributed by atoms with van der Waals surface area (Å²) in [6.07, 6.45) is 1.10. The summed E-state index contributed by atoms with van der Waals surface area (Å²) in [5.74, 6) is 0. The standard InChI is InChI=1S/C15H18BrNS/c1-3-15(12-5-7-13(16)8-6-12)17-10-14-9-4-11(2)18-14/h4-9,15,17H,3,10H2,1-2H3. The Balaban J connectivity index is 1.99. The van der Waals surface area contributed by atoms with Gasteiger partial charge in [0.1, 0.15) is 0 Å². The van der Waals surface area contributed by atoms with E-state index in [1.807, 2.05) is 11.3 Å². The first-order valence-electron chi connectivity index (χ1n) is 6.23. The van der Waals surface area contributed by atoms with Gasteiger partial charge in [0, 0.05) is 26.8 Å². The van der Waals surface area contributed by atoms with Crippen LogP contribution in [0.2, 0.25) is 0 Å². The number of hydrogen-bond acceptors (Lipinski definition) is 2. The van der Waals surface area contributed by atoms with Crippen molar-refractivity contribution in [1.29, 1.82) is 0 Å². The molecule has 0 aliphatic rings. The smallest absolute Gasteiger partial charge is 0.0320 e. The molecule has 0 amide bonds. The Morgan fingerprint density at radius 3 is 2.44 bits per heavy atom. The molecule has 0 bridgehead atoms. The second-order valence-corrected chi connectivity index (χ2v) is 6.69. The predicted molar refractivity (Wildman–Crippen MR) is 83.1 cm³/mol. The van der Waals surface area contributed by atoms with Gasteiger partial charge in [-0.2, -0.15) is 0 Å². The maximum atomic E-state index is 3.63. The van der Waals surface area contributed by atoms with E-state index in [0.29, 0.717) is 6.04 Å². The van der Waals surface area contributed by atoms with Crippen molar-refractivity contribution in [3.05, 3.63) is 56.2 Å². The zero-order valence-electron chi connectivity index (χ0n) is 10.7. The molecule has 1 unspecified atom stereocenters. The molecule has 96 valence electrons. The minimum atomic E-state index is 0.431. The molecule has 2 rings (SSSR count). The first-order valence-corrected chi connectivity index (χ1v) is 7.84. The van der Waals surface area contributed by atoms with Crippen molar-refractivity contribution in [2.24, 2.45) is 0 Å². The van der Waals surface area contributed by atoms with E-state index in [1.54, 1.807) is 0 Å². The fourth-order valence-electron chi connectivity index (χ4n) is 2.00. The van der Waals surface area contributed by atoms with Gasteiger partial charge in [0.25, 0.3) is 0 Å². The summed E-state index contributed by atoms with van der Waals surface area (Å²) >= 11 is 5.34. The van der Waals surface area contributed by atoms with Gasteiger partial charge in [0.15, 0.2) is 0 Å². The van der Waals surface area contributed by atoms with Crippen molar-refractivity contribution in [3.8, 4) is 0 Å². The second-order valence-electron chi connectivity index (χ2n) is 4.41. The number of rotatable bonds is 5. The van der Waals surface area contributed by atoms with Crippen LogP contribution in [0.25, 0.3) is 0 Å². The van der Waals surface area contributed by atoms with Crippen LogP contribution in [-0.4, -0.2) is 0 Å². The molecule has 0 saturated carbocycles. The van der Waals surface area contributed by atoms with E-state index >= 15 is 0 Å². The molecule has 1 nitrogen and oxygen atoms in total. The van der Waals surface area contributed by atoms with E-state index < -0.39 is 0 Å². The number of nitrogens with one attached hydrogen (secondary N) is 1. The number of benzene rings is 1. The normalized spacial score (nSPS) is 12.6. The molecule has 1 heterocycles. The van der Waals surface area contributed by atoms with Crippen molar-refractivity contribution in [2.75, 3.05) is 0 Å². The highest BCUT2D eigenvalue weighted by molar-refractivity contribution is 9.10. The Morgan fingerprint density at radius 1 is 1.17 bits per heavy atom. The zero-order chi connectivity index (χ0) is 13.0. The molecular formula is C15H18BrNS. The molecule has 0 fully saturated rings. The zero-order valence-corrected chi connectivity index (χ0v) is 13.1. The molecular weight excluding hydrogens is 306 g/mol. The molecule has 2 aromatic rings. The Hall–Kier alpha value is -0.640. The minimum absolute atomic E-state index is 0.431. The lowest BCUT2D eigenvalue weighted by molar-refractivity contribution is 0.522. The van der Waals surface area contributed by atoms with Crippen LogP contribution in [0.1, 0.15) is 34.7 Å². The van der Waals surface area contributed by atoms with Gasteiger partial charge in [-0.25, -0.2) is 0 Å². The van der Waals surface area contributed by atoms with E-state index in [2.05, 4.69) is 71.5 Å². The third kappa shape index (κ3) is 3.67. The Morgan fingerprint density at radius 2 is 1.89 bits per heavy atom. The quantitative estimate of drug-likeness (QED) is 0.810. The predicted octanol–water partition coefficient (Wildman–Crippen LogP) is 5.06. The monoisotopic (exact) mass is 323 g/mol. The second kappa shape index (κ2) is 6.50. The van der Waals surface area contributed by atoms with Crippen LogP contribution in [0.4, 0.5) is 0 Å². The summed E-state index contributed by atoms with van der Waals surface area (Å²) in [5.41, 5.74) is 1.36. The SMILES string of the molecule is CCC(NCc1ccc(C)s1)c1ccc(Br)cc1. The fourth-order valence-corrected chi connectivity index (χ4v) is 3.10. The average Bonchev–Trinajstić information content (AvgIpc) is 2.78. The van der Waals surface area contributed by atoms with E-state index in [9.17, 15) is 0 Å². The first kappa shape index (κ1) is 13.8. The first-order chi connectivity index (χ1) is 8.69. The topological polar surface area (TPSA) is 12.0 Å². The van der Waals surface area contributed by atoms with E-state index in [-0.39, 0.29) is 0 Å². The van der Waals surface area contributed by atoms with Crippen LogP contribution in [0.5, 0.6) is 0 Å². The summed E-state index contributed by atoms with van der Waals surface area (Å²) in [6, 6.07) is 13.4. The van der Waals surface area contributed by atoms with Crippen molar-refractivity contribution >= 4 is 27.3 Å². The van der Waals surface area contributed by atoms with Crippen LogP contribution in [0.3, 0.4) is 0 Å². The van der Waals surface area contributed by atoms with E-state index in [1.165, 1.54) is 15.3 Å². The lowest BCUT2D eigenvalue weighted by atomic mass is 10.0. The maximum Gasteiger partial charge on any atom is 0.0320 e. The highest BCUT2D eigenvalue weighted by atomic mass is 79.9. The van der Waals surface area contributed by atoms with Crippen molar-refractivity contribution in [1.82, 2.24) is 5.32 Å². The highest BCUT2D eigenvalue weighted by Gasteiger charge is 2.08. The van der Waals surface area contributed by atoms with Crippen molar-refractivity contribution in [2.45, 2.75) is 32.9 Å². The van der Waals surface area contributed by atoms with Gasteiger partial charge in [-0.05, 0) is 43.2 Å². The summed E-state index contributed by atoms with van der Waals surface area (Å²) < 4.78 is 1.13. The highest BCUT2D eigenvalue weighted by Crippen LogP contribution is 2.21. The lowest BCUT2D eigenvalue weighted by Crippen LogP contribution is -2.19. The molecule has 0 aliphatic carbocycles. The van der Waals surface area contributed by atoms with Gasteiger partial charge in [-0.3, -0.25) is 0 Å². The lowest BCUT2D eigenvalue weighted by Gasteiger charge is -2.17. The maximum absolute atomic E-state index is 3.63. The largest absolute Gasteiger partial charge is 0.305 e. The number of thiophene rings is 1. The van der Waals surface area contributed by atoms with Crippen LogP contribution in [0.15, 0.2) is 40.9 Å². The Labute approximate surface area is 121 Å². The Bertz CT molecular complexity index is 489. The molecule has 0 spiro atoms. The van der Waals surface area contributed by atoms with Crippen molar-refractivity contribution < 1.29 is 0 Å². The molecule has 0 radical (unpaired) electrons.